The lowest BCUT2D eigenvalue weighted by Crippen LogP contribution is -2.30. The number of nitrogens with zero attached hydrogens (tertiary/aromatic N) is 3. The Morgan fingerprint density at radius 2 is 2.37 bits per heavy atom. The van der Waals surface area contributed by atoms with Crippen molar-refractivity contribution in [1.29, 1.82) is 0 Å². The summed E-state index contributed by atoms with van der Waals surface area (Å²) in [7, 11) is 0. The van der Waals surface area contributed by atoms with Gasteiger partial charge in [-0.25, -0.2) is 4.68 Å². The number of carbonyl (C=O) groups excluding carboxylic acids is 1. The van der Waals surface area contributed by atoms with Crippen LogP contribution in [-0.2, 0) is 11.3 Å². The second-order valence-electron chi connectivity index (χ2n) is 4.39. The average molecular weight is 263 g/mol. The molecule has 19 heavy (non-hydrogen) atoms. The molecule has 2 aromatic rings. The predicted octanol–water partition coefficient (Wildman–Crippen LogP) is 0.768. The van der Waals surface area contributed by atoms with Crippen LogP contribution in [0.25, 0.3) is 0 Å². The van der Waals surface area contributed by atoms with Gasteiger partial charge in [0.05, 0.1) is 24.7 Å². The number of furan rings is 1. The summed E-state index contributed by atoms with van der Waals surface area (Å²) >= 11 is 0. The van der Waals surface area contributed by atoms with Crippen molar-refractivity contribution in [3.63, 3.8) is 0 Å². The first-order valence-electron chi connectivity index (χ1n) is 6.05. The second kappa shape index (κ2) is 5.66. The SMILES string of the molecule is CC(N)c1cn(C(C)C(=O)NCc2ccco2)nn1. The van der Waals surface area contributed by atoms with Crippen molar-refractivity contribution < 1.29 is 9.21 Å². The van der Waals surface area contributed by atoms with Crippen LogP contribution in [-0.4, -0.2) is 20.9 Å². The van der Waals surface area contributed by atoms with Crippen molar-refractivity contribution in [3.8, 4) is 0 Å². The Morgan fingerprint density at radius 3 is 2.95 bits per heavy atom. The minimum Gasteiger partial charge on any atom is -0.467 e. The van der Waals surface area contributed by atoms with E-state index in [2.05, 4.69) is 15.6 Å². The van der Waals surface area contributed by atoms with Gasteiger partial charge in [0.25, 0.3) is 0 Å². The van der Waals surface area contributed by atoms with Crippen LogP contribution in [0.5, 0.6) is 0 Å². The Kier molecular flexibility index (Phi) is 3.96. The van der Waals surface area contributed by atoms with Gasteiger partial charge in [-0.3, -0.25) is 4.79 Å². The predicted molar refractivity (Wildman–Crippen MR) is 67.9 cm³/mol. The smallest absolute Gasteiger partial charge is 0.245 e. The molecule has 1 amide bonds. The molecule has 2 unspecified atom stereocenters. The number of aromatic nitrogens is 3. The third-order valence-electron chi connectivity index (χ3n) is 2.79. The van der Waals surface area contributed by atoms with Crippen LogP contribution in [0.15, 0.2) is 29.0 Å². The Hall–Kier alpha value is -2.15. The fourth-order valence-corrected chi connectivity index (χ4v) is 1.54. The Balaban J connectivity index is 1.94. The maximum atomic E-state index is 11.9. The fraction of sp³-hybridized carbons (Fsp3) is 0.417. The van der Waals surface area contributed by atoms with Gasteiger partial charge >= 0.3 is 0 Å². The van der Waals surface area contributed by atoms with Gasteiger partial charge in [-0.05, 0) is 26.0 Å². The van der Waals surface area contributed by atoms with Gasteiger partial charge in [0.2, 0.25) is 5.91 Å². The molecule has 0 spiro atoms. The standard InChI is InChI=1S/C12H17N5O2/c1-8(13)11-7-17(16-15-11)9(2)12(18)14-6-10-4-3-5-19-10/h3-5,7-9H,6,13H2,1-2H3,(H,14,18). The number of amides is 1. The van der Waals surface area contributed by atoms with Crippen molar-refractivity contribution in [1.82, 2.24) is 20.3 Å². The van der Waals surface area contributed by atoms with Gasteiger partial charge < -0.3 is 15.5 Å². The van der Waals surface area contributed by atoms with Crippen LogP contribution in [0.3, 0.4) is 0 Å². The van der Waals surface area contributed by atoms with Crippen molar-refractivity contribution in [3.05, 3.63) is 36.0 Å². The largest absolute Gasteiger partial charge is 0.467 e. The zero-order chi connectivity index (χ0) is 13.8. The Morgan fingerprint density at radius 1 is 1.58 bits per heavy atom. The van der Waals surface area contributed by atoms with Crippen molar-refractivity contribution in [2.45, 2.75) is 32.5 Å². The molecule has 2 atom stereocenters. The summed E-state index contributed by atoms with van der Waals surface area (Å²) in [6.45, 7) is 3.91. The molecule has 7 heteroatoms. The fourth-order valence-electron chi connectivity index (χ4n) is 1.54. The number of hydrogen-bond donors (Lipinski definition) is 2. The minimum atomic E-state index is -0.449. The molecule has 0 radical (unpaired) electrons. The average Bonchev–Trinajstić information content (AvgIpc) is 3.05. The lowest BCUT2D eigenvalue weighted by molar-refractivity contribution is -0.124. The Labute approximate surface area is 110 Å². The molecule has 0 aliphatic carbocycles. The van der Waals surface area contributed by atoms with E-state index < -0.39 is 6.04 Å². The molecule has 2 rings (SSSR count). The van der Waals surface area contributed by atoms with Crippen LogP contribution < -0.4 is 11.1 Å². The van der Waals surface area contributed by atoms with E-state index in [0.717, 1.165) is 0 Å². The van der Waals surface area contributed by atoms with E-state index in [4.69, 9.17) is 10.2 Å². The minimum absolute atomic E-state index is 0.155. The number of nitrogens with two attached hydrogens (primary N) is 1. The highest BCUT2D eigenvalue weighted by Gasteiger charge is 2.17. The van der Waals surface area contributed by atoms with E-state index in [0.29, 0.717) is 18.0 Å². The second-order valence-corrected chi connectivity index (χ2v) is 4.39. The monoisotopic (exact) mass is 263 g/mol. The van der Waals surface area contributed by atoms with Crippen molar-refractivity contribution >= 4 is 5.91 Å². The molecule has 0 saturated carbocycles. The number of rotatable bonds is 5. The molecule has 0 aromatic carbocycles. The molecular formula is C12H17N5O2. The summed E-state index contributed by atoms with van der Waals surface area (Å²) in [5, 5.41) is 10.6. The quantitative estimate of drug-likeness (QED) is 0.830. The lowest BCUT2D eigenvalue weighted by atomic mass is 10.2. The highest BCUT2D eigenvalue weighted by atomic mass is 16.3. The normalized spacial score (nSPS) is 14.1. The van der Waals surface area contributed by atoms with Gasteiger partial charge in [-0.1, -0.05) is 5.21 Å². The molecule has 2 heterocycles. The van der Waals surface area contributed by atoms with Crippen LogP contribution in [0.4, 0.5) is 0 Å². The molecule has 7 nitrogen and oxygen atoms in total. The molecule has 0 saturated heterocycles. The van der Waals surface area contributed by atoms with Gasteiger partial charge in [0, 0.05) is 6.04 Å². The van der Waals surface area contributed by atoms with E-state index >= 15 is 0 Å². The summed E-state index contributed by atoms with van der Waals surface area (Å²) < 4.78 is 6.64. The van der Waals surface area contributed by atoms with Crippen LogP contribution in [0.1, 0.15) is 37.4 Å². The maximum absolute atomic E-state index is 11.9. The maximum Gasteiger partial charge on any atom is 0.245 e. The number of hydrogen-bond acceptors (Lipinski definition) is 5. The molecule has 3 N–H and O–H groups in total. The highest BCUT2D eigenvalue weighted by Crippen LogP contribution is 2.09. The van der Waals surface area contributed by atoms with Crippen LogP contribution in [0.2, 0.25) is 0 Å². The Bertz CT molecular complexity index is 532. The van der Waals surface area contributed by atoms with Crippen LogP contribution in [0, 0.1) is 0 Å². The number of carbonyl (C=O) groups is 1. The van der Waals surface area contributed by atoms with Crippen LogP contribution >= 0.6 is 0 Å². The molecule has 0 aliphatic rings. The van der Waals surface area contributed by atoms with E-state index in [1.165, 1.54) is 4.68 Å². The summed E-state index contributed by atoms with van der Waals surface area (Å²) in [6, 6.07) is 2.92. The lowest BCUT2D eigenvalue weighted by Gasteiger charge is -2.11. The first-order chi connectivity index (χ1) is 9.08. The molecule has 102 valence electrons. The zero-order valence-corrected chi connectivity index (χ0v) is 10.9. The highest BCUT2D eigenvalue weighted by molar-refractivity contribution is 5.79. The van der Waals surface area contributed by atoms with E-state index in [-0.39, 0.29) is 11.9 Å². The molecule has 0 bridgehead atoms. The molecule has 2 aromatic heterocycles. The third kappa shape index (κ3) is 3.19. The summed E-state index contributed by atoms with van der Waals surface area (Å²) in [6.07, 6.45) is 3.25. The summed E-state index contributed by atoms with van der Waals surface area (Å²) in [4.78, 5) is 11.9. The van der Waals surface area contributed by atoms with Gasteiger partial charge in [-0.2, -0.15) is 0 Å². The first-order valence-corrected chi connectivity index (χ1v) is 6.05. The molecule has 0 aliphatic heterocycles. The van der Waals surface area contributed by atoms with E-state index in [1.807, 2.05) is 6.92 Å². The van der Waals surface area contributed by atoms with E-state index in [9.17, 15) is 4.79 Å². The van der Waals surface area contributed by atoms with Crippen molar-refractivity contribution in [2.75, 3.05) is 0 Å². The zero-order valence-electron chi connectivity index (χ0n) is 10.9. The topological polar surface area (TPSA) is 99.0 Å². The van der Waals surface area contributed by atoms with E-state index in [1.54, 1.807) is 31.5 Å². The van der Waals surface area contributed by atoms with Gasteiger partial charge in [-0.15, -0.1) is 5.10 Å². The third-order valence-corrected chi connectivity index (χ3v) is 2.79. The molecular weight excluding hydrogens is 246 g/mol. The summed E-state index contributed by atoms with van der Waals surface area (Å²) in [5.74, 6) is 0.549. The van der Waals surface area contributed by atoms with Gasteiger partial charge in [0.15, 0.2) is 0 Å². The van der Waals surface area contributed by atoms with Crippen molar-refractivity contribution in [2.24, 2.45) is 5.73 Å². The first kappa shape index (κ1) is 13.3. The van der Waals surface area contributed by atoms with Gasteiger partial charge in [0.1, 0.15) is 11.8 Å². The number of nitrogens with one attached hydrogen (secondary N) is 1. The summed E-state index contributed by atoms with van der Waals surface area (Å²) in [5.41, 5.74) is 6.36. The molecule has 0 fully saturated rings.